The minimum atomic E-state index is 1.01. The van der Waals surface area contributed by atoms with Crippen molar-refractivity contribution in [3.05, 3.63) is 84.2 Å². The van der Waals surface area contributed by atoms with Crippen molar-refractivity contribution in [2.75, 3.05) is 0 Å². The summed E-state index contributed by atoms with van der Waals surface area (Å²) in [4.78, 5) is 4.90. The fraction of sp³-hybridized carbons (Fsp3) is 0.115. The summed E-state index contributed by atoms with van der Waals surface area (Å²) in [5.74, 6) is 0. The Hall–Kier alpha value is -3.59. The van der Waals surface area contributed by atoms with Gasteiger partial charge in [-0.15, -0.1) is 0 Å². The van der Waals surface area contributed by atoms with Crippen molar-refractivity contribution in [3.8, 4) is 11.3 Å². The molecule has 3 aromatic carbocycles. The number of rotatable bonds is 1. The molecule has 0 unspecified atom stereocenters. The number of fused-ring (bicyclic) bond motifs is 7. The zero-order valence-corrected chi connectivity index (χ0v) is 16.8. The summed E-state index contributed by atoms with van der Waals surface area (Å²) in [5, 5.41) is 4.94. The van der Waals surface area contributed by atoms with Gasteiger partial charge in [-0.2, -0.15) is 0 Å². The Labute approximate surface area is 168 Å². The molecule has 0 spiro atoms. The van der Waals surface area contributed by atoms with Crippen LogP contribution in [0, 0.1) is 13.8 Å². The first-order valence-electron chi connectivity index (χ1n) is 9.97. The minimum Gasteiger partial charge on any atom is -0.351 e. The summed E-state index contributed by atoms with van der Waals surface area (Å²) in [6.07, 6.45) is 4.16. The predicted octanol–water partition coefficient (Wildman–Crippen LogP) is 6.42. The van der Waals surface area contributed by atoms with E-state index in [-0.39, 0.29) is 0 Å². The van der Waals surface area contributed by atoms with Crippen molar-refractivity contribution in [1.29, 1.82) is 0 Å². The Morgan fingerprint density at radius 2 is 1.52 bits per heavy atom. The zero-order valence-electron chi connectivity index (χ0n) is 16.8. The van der Waals surface area contributed by atoms with Crippen LogP contribution in [0.15, 0.2) is 73.1 Å². The lowest BCUT2D eigenvalue weighted by Crippen LogP contribution is -1.97. The fourth-order valence-electron chi connectivity index (χ4n) is 4.80. The van der Waals surface area contributed by atoms with E-state index in [1.165, 1.54) is 49.3 Å². The first-order valence-corrected chi connectivity index (χ1v) is 9.97. The Morgan fingerprint density at radius 3 is 2.31 bits per heavy atom. The number of hydrogen-bond acceptors (Lipinski definition) is 1. The minimum absolute atomic E-state index is 1.01. The highest BCUT2D eigenvalue weighted by atomic mass is 15.0. The van der Waals surface area contributed by atoms with Gasteiger partial charge >= 0.3 is 0 Å². The van der Waals surface area contributed by atoms with Crippen molar-refractivity contribution in [2.24, 2.45) is 7.05 Å². The molecule has 0 bridgehead atoms. The van der Waals surface area contributed by atoms with Crippen molar-refractivity contribution >= 4 is 38.2 Å². The molecule has 0 amide bonds. The van der Waals surface area contributed by atoms with Gasteiger partial charge in [0.25, 0.3) is 0 Å². The Kier molecular flexibility index (Phi) is 3.22. The third-order valence-corrected chi connectivity index (χ3v) is 6.20. The molecule has 6 aromatic rings. The largest absolute Gasteiger partial charge is 0.351 e. The van der Waals surface area contributed by atoms with E-state index < -0.39 is 0 Å². The van der Waals surface area contributed by atoms with Crippen LogP contribution in [0.5, 0.6) is 0 Å². The molecule has 0 radical (unpaired) electrons. The van der Waals surface area contributed by atoms with Gasteiger partial charge in [-0.1, -0.05) is 42.5 Å². The summed E-state index contributed by atoms with van der Waals surface area (Å²) >= 11 is 0. The third kappa shape index (κ3) is 2.16. The van der Waals surface area contributed by atoms with Crippen LogP contribution in [0.2, 0.25) is 0 Å². The van der Waals surface area contributed by atoms with Crippen LogP contribution in [0.4, 0.5) is 0 Å². The molecule has 6 rings (SSSR count). The number of benzene rings is 3. The van der Waals surface area contributed by atoms with Gasteiger partial charge in [-0.3, -0.25) is 4.40 Å². The summed E-state index contributed by atoms with van der Waals surface area (Å²) < 4.78 is 4.54. The van der Waals surface area contributed by atoms with E-state index in [1.54, 1.807) is 0 Å². The monoisotopic (exact) mass is 375 g/mol. The average molecular weight is 375 g/mol. The second kappa shape index (κ2) is 5.71. The quantitative estimate of drug-likeness (QED) is 0.304. The molecule has 0 fully saturated rings. The molecular formula is C26H21N3. The third-order valence-electron chi connectivity index (χ3n) is 6.20. The molecule has 0 saturated carbocycles. The van der Waals surface area contributed by atoms with Gasteiger partial charge in [0.2, 0.25) is 0 Å². The fourth-order valence-corrected chi connectivity index (χ4v) is 4.80. The maximum absolute atomic E-state index is 4.90. The highest BCUT2D eigenvalue weighted by Crippen LogP contribution is 2.36. The van der Waals surface area contributed by atoms with Gasteiger partial charge in [0.05, 0.1) is 17.4 Å². The number of aryl methyl sites for hydroxylation is 3. The average Bonchev–Trinajstić information content (AvgIpc) is 3.31. The SMILES string of the molecule is Cc1cccc(C)c1-c1cnc2c3ccccc3c3cc4c(ccn4C)cc3n12. The van der Waals surface area contributed by atoms with E-state index in [4.69, 9.17) is 4.98 Å². The van der Waals surface area contributed by atoms with Gasteiger partial charge in [0, 0.05) is 40.5 Å². The molecule has 0 atom stereocenters. The molecule has 3 heterocycles. The van der Waals surface area contributed by atoms with E-state index >= 15 is 0 Å². The molecule has 0 aliphatic rings. The number of pyridine rings is 1. The Bertz CT molecular complexity index is 1560. The Morgan fingerprint density at radius 1 is 0.759 bits per heavy atom. The van der Waals surface area contributed by atoms with Crippen LogP contribution in [-0.2, 0) is 7.05 Å². The Balaban J connectivity index is 1.90. The van der Waals surface area contributed by atoms with Crippen LogP contribution in [0.1, 0.15) is 11.1 Å². The molecule has 29 heavy (non-hydrogen) atoms. The van der Waals surface area contributed by atoms with Crippen LogP contribution >= 0.6 is 0 Å². The van der Waals surface area contributed by atoms with Crippen LogP contribution in [0.3, 0.4) is 0 Å². The van der Waals surface area contributed by atoms with Gasteiger partial charge in [0.15, 0.2) is 0 Å². The number of hydrogen-bond donors (Lipinski definition) is 0. The molecule has 0 N–H and O–H groups in total. The van der Waals surface area contributed by atoms with Crippen molar-refractivity contribution in [3.63, 3.8) is 0 Å². The van der Waals surface area contributed by atoms with Crippen molar-refractivity contribution in [2.45, 2.75) is 13.8 Å². The molecule has 140 valence electrons. The van der Waals surface area contributed by atoms with Crippen LogP contribution in [0.25, 0.3) is 49.5 Å². The summed E-state index contributed by atoms with van der Waals surface area (Å²) in [7, 11) is 2.11. The van der Waals surface area contributed by atoms with E-state index in [9.17, 15) is 0 Å². The van der Waals surface area contributed by atoms with Crippen LogP contribution in [-0.4, -0.2) is 14.0 Å². The number of nitrogens with zero attached hydrogens (tertiary/aromatic N) is 3. The molecule has 0 aliphatic carbocycles. The molecule has 3 aromatic heterocycles. The molecule has 0 aliphatic heterocycles. The zero-order chi connectivity index (χ0) is 19.7. The smallest absolute Gasteiger partial charge is 0.145 e. The molecule has 3 nitrogen and oxygen atoms in total. The van der Waals surface area contributed by atoms with E-state index in [2.05, 4.69) is 96.7 Å². The first kappa shape index (κ1) is 16.4. The second-order valence-corrected chi connectivity index (χ2v) is 7.97. The highest BCUT2D eigenvalue weighted by molar-refractivity contribution is 6.15. The van der Waals surface area contributed by atoms with Crippen molar-refractivity contribution in [1.82, 2.24) is 14.0 Å². The second-order valence-electron chi connectivity index (χ2n) is 7.97. The normalized spacial score (nSPS) is 12.0. The number of aromatic nitrogens is 3. The van der Waals surface area contributed by atoms with E-state index in [0.717, 1.165) is 11.3 Å². The number of imidazole rings is 1. The van der Waals surface area contributed by atoms with Gasteiger partial charge in [-0.25, -0.2) is 4.98 Å². The lowest BCUT2D eigenvalue weighted by Gasteiger charge is -2.14. The summed E-state index contributed by atoms with van der Waals surface area (Å²) in [6.45, 7) is 4.36. The highest BCUT2D eigenvalue weighted by Gasteiger charge is 2.17. The van der Waals surface area contributed by atoms with Gasteiger partial charge in [-0.05, 0) is 48.6 Å². The lowest BCUT2D eigenvalue weighted by atomic mass is 9.99. The maximum Gasteiger partial charge on any atom is 0.145 e. The molecular weight excluding hydrogens is 354 g/mol. The van der Waals surface area contributed by atoms with Gasteiger partial charge < -0.3 is 4.57 Å². The predicted molar refractivity (Wildman–Crippen MR) is 122 cm³/mol. The van der Waals surface area contributed by atoms with E-state index in [0.29, 0.717) is 0 Å². The topological polar surface area (TPSA) is 22.2 Å². The molecule has 0 saturated heterocycles. The van der Waals surface area contributed by atoms with Crippen LogP contribution < -0.4 is 0 Å². The first-order chi connectivity index (χ1) is 14.1. The standard InChI is InChI=1S/C26H21N3/c1-16-7-6-8-17(2)25(16)24-15-27-26-20-10-5-4-9-19(20)21-14-22-18(11-12-28(22)3)13-23(21)29(24)26/h4-15H,1-3H3. The summed E-state index contributed by atoms with van der Waals surface area (Å²) in [6, 6.07) is 21.9. The summed E-state index contributed by atoms with van der Waals surface area (Å²) in [5.41, 5.74) is 8.43. The maximum atomic E-state index is 4.90. The van der Waals surface area contributed by atoms with E-state index in [1.807, 2.05) is 6.20 Å². The lowest BCUT2D eigenvalue weighted by molar-refractivity contribution is 0.970. The van der Waals surface area contributed by atoms with Gasteiger partial charge in [0.1, 0.15) is 5.65 Å². The molecule has 3 heteroatoms. The van der Waals surface area contributed by atoms with Crippen molar-refractivity contribution < 1.29 is 0 Å².